The van der Waals surface area contributed by atoms with E-state index in [0.717, 1.165) is 22.3 Å². The summed E-state index contributed by atoms with van der Waals surface area (Å²) in [6.07, 6.45) is 1.55. The highest BCUT2D eigenvalue weighted by molar-refractivity contribution is 5.94. The average molecular weight is 682 g/mol. The SMILES string of the molecule is CNC(C)C(=O)NC1CN(C(=O)NCc2cccc(CNC(C)=O)c2)CC[C@H]2CCC(C(=O)NC(c3ccccc3)c3ccccc3)N2C1=O. The highest BCUT2D eigenvalue weighted by Crippen LogP contribution is 2.31. The van der Waals surface area contributed by atoms with Gasteiger partial charge in [0.05, 0.1) is 18.6 Å². The summed E-state index contributed by atoms with van der Waals surface area (Å²) in [7, 11) is 1.65. The first-order chi connectivity index (χ1) is 24.1. The molecule has 0 saturated carbocycles. The van der Waals surface area contributed by atoms with E-state index in [2.05, 4.69) is 26.6 Å². The Morgan fingerprint density at radius 1 is 0.820 bits per heavy atom. The Hall–Kier alpha value is -5.23. The zero-order chi connectivity index (χ0) is 35.6. The third kappa shape index (κ3) is 9.06. The maximum absolute atomic E-state index is 14.4. The van der Waals surface area contributed by atoms with Gasteiger partial charge in [-0.05, 0) is 55.5 Å². The van der Waals surface area contributed by atoms with Crippen molar-refractivity contribution in [3.63, 3.8) is 0 Å². The Labute approximate surface area is 293 Å². The summed E-state index contributed by atoms with van der Waals surface area (Å²) in [5.41, 5.74) is 3.61. The number of rotatable bonds is 11. The molecule has 2 saturated heterocycles. The molecule has 12 heteroatoms. The molecule has 2 aliphatic heterocycles. The zero-order valence-corrected chi connectivity index (χ0v) is 28.9. The standard InChI is InChI=1S/C38H47N7O5/c1-25(39-3)35(47)42-32-24-44(38(50)41-23-28-12-10-11-27(21-28)22-40-26(2)46)20-19-31-17-18-33(45(31)37(32)49)36(48)43-34(29-13-6-4-7-14-29)30-15-8-5-9-16-30/h4-16,21,25,31-34,39H,17-20,22-24H2,1-3H3,(H,40,46)(H,41,50)(H,42,47)(H,43,48)/t25?,31-,32?,33?/m1/s1. The number of likely N-dealkylation sites (N-methyl/N-ethyl adjacent to an activating group) is 1. The van der Waals surface area contributed by atoms with Crippen LogP contribution in [0.3, 0.4) is 0 Å². The van der Waals surface area contributed by atoms with Gasteiger partial charge in [0.25, 0.3) is 0 Å². The second kappa shape index (κ2) is 16.9. The highest BCUT2D eigenvalue weighted by Gasteiger charge is 2.46. The van der Waals surface area contributed by atoms with Gasteiger partial charge in [0, 0.05) is 32.6 Å². The molecule has 3 aromatic rings. The van der Waals surface area contributed by atoms with Crippen molar-refractivity contribution in [2.24, 2.45) is 0 Å². The van der Waals surface area contributed by atoms with Crippen LogP contribution in [0.25, 0.3) is 0 Å². The molecule has 264 valence electrons. The van der Waals surface area contributed by atoms with Crippen molar-refractivity contribution < 1.29 is 24.0 Å². The topological polar surface area (TPSA) is 152 Å². The summed E-state index contributed by atoms with van der Waals surface area (Å²) in [4.78, 5) is 69.7. The van der Waals surface area contributed by atoms with E-state index in [9.17, 15) is 24.0 Å². The van der Waals surface area contributed by atoms with Gasteiger partial charge in [0.2, 0.25) is 23.6 Å². The van der Waals surface area contributed by atoms with E-state index < -0.39 is 24.2 Å². The van der Waals surface area contributed by atoms with Gasteiger partial charge in [-0.1, -0.05) is 84.9 Å². The molecule has 3 aromatic carbocycles. The predicted octanol–water partition coefficient (Wildman–Crippen LogP) is 2.60. The summed E-state index contributed by atoms with van der Waals surface area (Å²) < 4.78 is 0. The van der Waals surface area contributed by atoms with E-state index in [1.54, 1.807) is 23.8 Å². The molecule has 2 aliphatic rings. The molecule has 50 heavy (non-hydrogen) atoms. The van der Waals surface area contributed by atoms with Crippen LogP contribution in [0.2, 0.25) is 0 Å². The quantitative estimate of drug-likeness (QED) is 0.210. The molecule has 5 N–H and O–H groups in total. The van der Waals surface area contributed by atoms with Crippen molar-refractivity contribution >= 4 is 29.7 Å². The molecular weight excluding hydrogens is 634 g/mol. The van der Waals surface area contributed by atoms with Gasteiger partial charge in [0.1, 0.15) is 12.1 Å². The van der Waals surface area contributed by atoms with Gasteiger partial charge >= 0.3 is 6.03 Å². The van der Waals surface area contributed by atoms with E-state index in [1.807, 2.05) is 84.9 Å². The fourth-order valence-electron chi connectivity index (χ4n) is 6.61. The summed E-state index contributed by atoms with van der Waals surface area (Å²) in [6, 6.07) is 23.6. The molecule has 2 heterocycles. The normalized spacial score (nSPS) is 19.5. The third-order valence-electron chi connectivity index (χ3n) is 9.45. The maximum Gasteiger partial charge on any atom is 0.317 e. The Morgan fingerprint density at radius 3 is 2.04 bits per heavy atom. The first-order valence-corrected chi connectivity index (χ1v) is 17.2. The van der Waals surface area contributed by atoms with Crippen LogP contribution in [0.4, 0.5) is 4.79 Å². The van der Waals surface area contributed by atoms with E-state index >= 15 is 0 Å². The van der Waals surface area contributed by atoms with Crippen LogP contribution in [0.1, 0.15) is 61.4 Å². The van der Waals surface area contributed by atoms with Crippen LogP contribution >= 0.6 is 0 Å². The van der Waals surface area contributed by atoms with Crippen molar-refractivity contribution in [1.29, 1.82) is 0 Å². The molecule has 0 aliphatic carbocycles. The van der Waals surface area contributed by atoms with Crippen LogP contribution in [-0.4, -0.2) is 83.8 Å². The predicted molar refractivity (Wildman–Crippen MR) is 189 cm³/mol. The number of carbonyl (C=O) groups is 5. The Balaban J connectivity index is 1.33. The number of benzene rings is 3. The van der Waals surface area contributed by atoms with Gasteiger partial charge < -0.3 is 36.4 Å². The second-order valence-electron chi connectivity index (χ2n) is 13.0. The van der Waals surface area contributed by atoms with Crippen LogP contribution in [0.5, 0.6) is 0 Å². The van der Waals surface area contributed by atoms with Crippen LogP contribution < -0.4 is 26.6 Å². The number of urea groups is 1. The number of hydrogen-bond acceptors (Lipinski definition) is 6. The lowest BCUT2D eigenvalue weighted by atomic mass is 9.98. The number of amides is 6. The van der Waals surface area contributed by atoms with E-state index in [4.69, 9.17) is 0 Å². The van der Waals surface area contributed by atoms with Crippen LogP contribution in [-0.2, 0) is 32.3 Å². The van der Waals surface area contributed by atoms with Gasteiger partial charge in [-0.25, -0.2) is 4.79 Å². The smallest absolute Gasteiger partial charge is 0.317 e. The molecule has 5 rings (SSSR count). The lowest BCUT2D eigenvalue weighted by Crippen LogP contribution is -2.63. The minimum atomic E-state index is -1.06. The molecule has 0 aromatic heterocycles. The molecule has 6 amide bonds. The number of fused-ring (bicyclic) bond motifs is 1. The molecule has 12 nitrogen and oxygen atoms in total. The monoisotopic (exact) mass is 681 g/mol. The molecular formula is C38H47N7O5. The molecule has 0 radical (unpaired) electrons. The van der Waals surface area contributed by atoms with E-state index in [1.165, 1.54) is 6.92 Å². The van der Waals surface area contributed by atoms with Crippen molar-refractivity contribution in [2.45, 2.75) is 76.4 Å². The van der Waals surface area contributed by atoms with Crippen molar-refractivity contribution in [3.05, 3.63) is 107 Å². The van der Waals surface area contributed by atoms with Gasteiger partial charge in [0.15, 0.2) is 0 Å². The Morgan fingerprint density at radius 2 is 1.44 bits per heavy atom. The largest absolute Gasteiger partial charge is 0.352 e. The molecule has 0 spiro atoms. The summed E-state index contributed by atoms with van der Waals surface area (Å²) in [5, 5.41) is 14.7. The summed E-state index contributed by atoms with van der Waals surface area (Å²) in [6.45, 7) is 4.06. The van der Waals surface area contributed by atoms with Crippen molar-refractivity contribution in [3.8, 4) is 0 Å². The highest BCUT2D eigenvalue weighted by atomic mass is 16.2. The first-order valence-electron chi connectivity index (χ1n) is 17.2. The zero-order valence-electron chi connectivity index (χ0n) is 28.9. The number of hydrogen-bond donors (Lipinski definition) is 5. The third-order valence-corrected chi connectivity index (χ3v) is 9.45. The fourth-order valence-corrected chi connectivity index (χ4v) is 6.61. The van der Waals surface area contributed by atoms with Crippen LogP contribution in [0, 0.1) is 0 Å². The lowest BCUT2D eigenvalue weighted by molar-refractivity contribution is -0.145. The van der Waals surface area contributed by atoms with E-state index in [0.29, 0.717) is 32.4 Å². The average Bonchev–Trinajstić information content (AvgIpc) is 3.56. The number of nitrogens with zero attached hydrogens (tertiary/aromatic N) is 2. The fraction of sp³-hybridized carbons (Fsp3) is 0.395. The van der Waals surface area contributed by atoms with Crippen LogP contribution in [0.15, 0.2) is 84.9 Å². The molecule has 2 fully saturated rings. The van der Waals surface area contributed by atoms with Gasteiger partial charge in [-0.2, -0.15) is 0 Å². The number of carbonyl (C=O) groups excluding carboxylic acids is 5. The van der Waals surface area contributed by atoms with Crippen molar-refractivity contribution in [1.82, 2.24) is 36.4 Å². The van der Waals surface area contributed by atoms with Gasteiger partial charge in [-0.3, -0.25) is 19.2 Å². The maximum atomic E-state index is 14.4. The molecule has 0 bridgehead atoms. The first kappa shape index (κ1) is 36.1. The van der Waals surface area contributed by atoms with E-state index in [-0.39, 0.29) is 48.8 Å². The number of nitrogens with one attached hydrogen (secondary N) is 5. The summed E-state index contributed by atoms with van der Waals surface area (Å²) in [5.74, 6) is -1.16. The lowest BCUT2D eigenvalue weighted by Gasteiger charge is -2.39. The summed E-state index contributed by atoms with van der Waals surface area (Å²) >= 11 is 0. The molecule has 3 unspecified atom stereocenters. The molecule has 4 atom stereocenters. The second-order valence-corrected chi connectivity index (χ2v) is 13.0. The minimum Gasteiger partial charge on any atom is -0.352 e. The van der Waals surface area contributed by atoms with Crippen molar-refractivity contribution in [2.75, 3.05) is 20.1 Å². The Kier molecular flexibility index (Phi) is 12.2. The van der Waals surface area contributed by atoms with Gasteiger partial charge in [-0.15, -0.1) is 0 Å². The Bertz CT molecular complexity index is 1610. The minimum absolute atomic E-state index is 0.0520.